The molecule has 2 aromatic carbocycles. The van der Waals surface area contributed by atoms with Crippen molar-refractivity contribution in [3.05, 3.63) is 83.7 Å². The molecule has 1 heterocycles. The number of hydrogen-bond donors (Lipinski definition) is 1. The van der Waals surface area contributed by atoms with Gasteiger partial charge in [-0.05, 0) is 35.9 Å². The van der Waals surface area contributed by atoms with Crippen LogP contribution in [-0.2, 0) is 18.3 Å². The summed E-state index contributed by atoms with van der Waals surface area (Å²) in [5.74, 6) is -0.588. The topological polar surface area (TPSA) is 64.0 Å². The maximum atomic E-state index is 13.6. The van der Waals surface area contributed by atoms with Crippen molar-refractivity contribution in [2.24, 2.45) is 7.05 Å². The van der Waals surface area contributed by atoms with Gasteiger partial charge in [0.15, 0.2) is 5.82 Å². The fourth-order valence-electron chi connectivity index (χ4n) is 2.44. The number of hydrogen-bond acceptors (Lipinski definition) is 3. The van der Waals surface area contributed by atoms with Crippen LogP contribution in [0.15, 0.2) is 60.9 Å². The number of anilines is 1. The van der Waals surface area contributed by atoms with Crippen LogP contribution in [0.5, 0.6) is 0 Å². The summed E-state index contributed by atoms with van der Waals surface area (Å²) in [7, 11) is 1.75. The van der Waals surface area contributed by atoms with E-state index in [9.17, 15) is 14.0 Å². The van der Waals surface area contributed by atoms with E-state index in [0.717, 1.165) is 0 Å². The van der Waals surface area contributed by atoms with Gasteiger partial charge >= 0.3 is 0 Å². The molecular weight excluding hydrogens is 321 g/mol. The van der Waals surface area contributed by atoms with Crippen LogP contribution >= 0.6 is 0 Å². The predicted molar refractivity (Wildman–Crippen MR) is 91.8 cm³/mol. The van der Waals surface area contributed by atoms with Gasteiger partial charge in [0.2, 0.25) is 11.7 Å². The average molecular weight is 337 g/mol. The minimum atomic E-state index is -0.409. The molecule has 3 aromatic rings. The Balaban J connectivity index is 1.66. The fourth-order valence-corrected chi connectivity index (χ4v) is 2.44. The molecule has 5 nitrogen and oxygen atoms in total. The Bertz CT molecular complexity index is 916. The van der Waals surface area contributed by atoms with Crippen LogP contribution < -0.4 is 5.32 Å². The zero-order chi connectivity index (χ0) is 17.8. The Morgan fingerprint density at radius 2 is 1.84 bits per heavy atom. The SMILES string of the molecule is Cn1ccnc1C(=O)c1ccc(NC(=O)Cc2ccccc2F)cc1. The number of nitrogens with zero attached hydrogens (tertiary/aromatic N) is 2. The maximum absolute atomic E-state index is 13.6. The summed E-state index contributed by atoms with van der Waals surface area (Å²) in [6.07, 6.45) is 3.20. The monoisotopic (exact) mass is 337 g/mol. The number of halogens is 1. The highest BCUT2D eigenvalue weighted by Gasteiger charge is 2.14. The van der Waals surface area contributed by atoms with Gasteiger partial charge in [-0.15, -0.1) is 0 Å². The molecule has 6 heteroatoms. The van der Waals surface area contributed by atoms with Crippen LogP contribution in [0.4, 0.5) is 10.1 Å². The van der Waals surface area contributed by atoms with Gasteiger partial charge in [0.1, 0.15) is 5.82 Å². The molecule has 0 aliphatic rings. The first kappa shape index (κ1) is 16.6. The van der Waals surface area contributed by atoms with Crippen molar-refractivity contribution in [1.82, 2.24) is 9.55 Å². The number of benzene rings is 2. The van der Waals surface area contributed by atoms with Crippen LogP contribution in [0.25, 0.3) is 0 Å². The Morgan fingerprint density at radius 3 is 2.48 bits per heavy atom. The molecule has 0 spiro atoms. The third-order valence-electron chi connectivity index (χ3n) is 3.76. The van der Waals surface area contributed by atoms with Crippen molar-refractivity contribution in [1.29, 1.82) is 0 Å². The summed E-state index contributed by atoms with van der Waals surface area (Å²) in [6.45, 7) is 0. The van der Waals surface area contributed by atoms with E-state index in [-0.39, 0.29) is 18.1 Å². The molecule has 0 aliphatic carbocycles. The van der Waals surface area contributed by atoms with E-state index in [1.165, 1.54) is 6.07 Å². The first-order valence-electron chi connectivity index (χ1n) is 7.70. The highest BCUT2D eigenvalue weighted by molar-refractivity contribution is 6.07. The third kappa shape index (κ3) is 3.80. The van der Waals surface area contributed by atoms with Crippen molar-refractivity contribution in [2.45, 2.75) is 6.42 Å². The summed E-state index contributed by atoms with van der Waals surface area (Å²) in [5.41, 5.74) is 1.35. The largest absolute Gasteiger partial charge is 0.331 e. The van der Waals surface area contributed by atoms with E-state index in [1.54, 1.807) is 66.5 Å². The van der Waals surface area contributed by atoms with Gasteiger partial charge in [-0.25, -0.2) is 9.37 Å². The maximum Gasteiger partial charge on any atom is 0.228 e. The van der Waals surface area contributed by atoms with Crippen molar-refractivity contribution in [3.8, 4) is 0 Å². The number of aromatic nitrogens is 2. The molecule has 0 bridgehead atoms. The zero-order valence-corrected chi connectivity index (χ0v) is 13.6. The molecule has 1 aromatic heterocycles. The molecule has 126 valence electrons. The Labute approximate surface area is 144 Å². The molecule has 0 aliphatic heterocycles. The second kappa shape index (κ2) is 7.09. The predicted octanol–water partition coefficient (Wildman–Crippen LogP) is 2.97. The van der Waals surface area contributed by atoms with E-state index >= 15 is 0 Å². The van der Waals surface area contributed by atoms with Gasteiger partial charge < -0.3 is 9.88 Å². The minimum absolute atomic E-state index is 0.0549. The fraction of sp³-hybridized carbons (Fsp3) is 0.105. The van der Waals surface area contributed by atoms with Gasteiger partial charge in [-0.3, -0.25) is 9.59 Å². The summed E-state index contributed by atoms with van der Waals surface area (Å²) in [6, 6.07) is 12.7. The van der Waals surface area contributed by atoms with Crippen molar-refractivity contribution < 1.29 is 14.0 Å². The number of rotatable bonds is 5. The Hall–Kier alpha value is -3.28. The Morgan fingerprint density at radius 1 is 1.12 bits per heavy atom. The molecule has 1 amide bonds. The van der Waals surface area contributed by atoms with E-state index in [1.807, 2.05) is 0 Å². The molecule has 0 radical (unpaired) electrons. The van der Waals surface area contributed by atoms with Crippen LogP contribution in [0.1, 0.15) is 21.7 Å². The zero-order valence-electron chi connectivity index (χ0n) is 13.6. The summed E-state index contributed by atoms with van der Waals surface area (Å²) < 4.78 is 15.2. The smallest absolute Gasteiger partial charge is 0.228 e. The van der Waals surface area contributed by atoms with Crippen molar-refractivity contribution >= 4 is 17.4 Å². The third-order valence-corrected chi connectivity index (χ3v) is 3.76. The van der Waals surface area contributed by atoms with E-state index < -0.39 is 5.82 Å². The molecule has 0 atom stereocenters. The number of ketones is 1. The van der Waals surface area contributed by atoms with E-state index in [0.29, 0.717) is 22.6 Å². The van der Waals surface area contributed by atoms with Gasteiger partial charge in [0.25, 0.3) is 0 Å². The van der Waals surface area contributed by atoms with Gasteiger partial charge in [0.05, 0.1) is 6.42 Å². The lowest BCUT2D eigenvalue weighted by Gasteiger charge is -2.07. The second-order valence-corrected chi connectivity index (χ2v) is 5.58. The van der Waals surface area contributed by atoms with Gasteiger partial charge in [-0.1, -0.05) is 18.2 Å². The standard InChI is InChI=1S/C19H16FN3O2/c1-23-11-10-21-19(23)18(25)13-6-8-15(9-7-13)22-17(24)12-14-4-2-3-5-16(14)20/h2-11H,12H2,1H3,(H,22,24). The lowest BCUT2D eigenvalue weighted by Crippen LogP contribution is -2.15. The number of aryl methyl sites for hydroxylation is 1. The number of amides is 1. The van der Waals surface area contributed by atoms with Crippen LogP contribution in [0, 0.1) is 5.82 Å². The molecule has 1 N–H and O–H groups in total. The summed E-state index contributed by atoms with van der Waals surface area (Å²) in [4.78, 5) is 28.4. The first-order chi connectivity index (χ1) is 12.0. The molecule has 25 heavy (non-hydrogen) atoms. The molecular formula is C19H16FN3O2. The minimum Gasteiger partial charge on any atom is -0.331 e. The van der Waals surface area contributed by atoms with Crippen LogP contribution in [0.3, 0.4) is 0 Å². The van der Waals surface area contributed by atoms with E-state index in [2.05, 4.69) is 10.3 Å². The van der Waals surface area contributed by atoms with Gasteiger partial charge in [-0.2, -0.15) is 0 Å². The highest BCUT2D eigenvalue weighted by atomic mass is 19.1. The molecule has 0 saturated carbocycles. The summed E-state index contributed by atoms with van der Waals surface area (Å²) >= 11 is 0. The lowest BCUT2D eigenvalue weighted by atomic mass is 10.1. The molecule has 0 unspecified atom stereocenters. The first-order valence-corrected chi connectivity index (χ1v) is 7.70. The lowest BCUT2D eigenvalue weighted by molar-refractivity contribution is -0.115. The number of nitrogens with one attached hydrogen (secondary N) is 1. The molecule has 3 rings (SSSR count). The normalized spacial score (nSPS) is 10.5. The number of imidazole rings is 1. The molecule has 0 fully saturated rings. The van der Waals surface area contributed by atoms with E-state index in [4.69, 9.17) is 0 Å². The van der Waals surface area contributed by atoms with Gasteiger partial charge in [0, 0.05) is 30.7 Å². The number of carbonyl (C=O) groups is 2. The van der Waals surface area contributed by atoms with Crippen LogP contribution in [0.2, 0.25) is 0 Å². The van der Waals surface area contributed by atoms with Crippen molar-refractivity contribution in [2.75, 3.05) is 5.32 Å². The van der Waals surface area contributed by atoms with Crippen LogP contribution in [-0.4, -0.2) is 21.2 Å². The molecule has 0 saturated heterocycles. The van der Waals surface area contributed by atoms with Crippen molar-refractivity contribution in [3.63, 3.8) is 0 Å². The number of carbonyl (C=O) groups excluding carboxylic acids is 2. The quantitative estimate of drug-likeness (QED) is 0.728. The average Bonchev–Trinajstić information content (AvgIpc) is 3.03. The highest BCUT2D eigenvalue weighted by Crippen LogP contribution is 2.14. The summed E-state index contributed by atoms with van der Waals surface area (Å²) in [5, 5.41) is 2.69. The second-order valence-electron chi connectivity index (χ2n) is 5.58. The Kier molecular flexibility index (Phi) is 4.70.